The minimum atomic E-state index is -0.348. The van der Waals surface area contributed by atoms with Crippen LogP contribution in [0.5, 0.6) is 0 Å². The van der Waals surface area contributed by atoms with Gasteiger partial charge < -0.3 is 10.2 Å². The molecule has 2 aromatic carbocycles. The smallest absolute Gasteiger partial charge is 0.258 e. The van der Waals surface area contributed by atoms with Crippen LogP contribution in [-0.2, 0) is 0 Å². The van der Waals surface area contributed by atoms with E-state index in [1.165, 1.54) is 12.1 Å². The van der Waals surface area contributed by atoms with Crippen molar-refractivity contribution < 1.29 is 9.18 Å². The second-order valence-corrected chi connectivity index (χ2v) is 4.36. The lowest BCUT2D eigenvalue weighted by atomic mass is 10.1. The van der Waals surface area contributed by atoms with Crippen molar-refractivity contribution in [2.24, 2.45) is 0 Å². The average molecular weight is 272 g/mol. The predicted octanol–water partition coefficient (Wildman–Crippen LogP) is 3.53. The highest BCUT2D eigenvalue weighted by Crippen LogP contribution is 2.19. The van der Waals surface area contributed by atoms with Crippen molar-refractivity contribution in [3.8, 4) is 0 Å². The van der Waals surface area contributed by atoms with Crippen LogP contribution in [0.3, 0.4) is 0 Å². The highest BCUT2D eigenvalue weighted by atomic mass is 19.1. The Morgan fingerprint density at radius 1 is 1.20 bits per heavy atom. The molecule has 0 heterocycles. The summed E-state index contributed by atoms with van der Waals surface area (Å²) in [6, 6.07) is 13.3. The van der Waals surface area contributed by atoms with Crippen molar-refractivity contribution in [3.63, 3.8) is 0 Å². The fraction of sp³-hybridized carbons (Fsp3) is 0.188. The van der Waals surface area contributed by atoms with Gasteiger partial charge in [-0.3, -0.25) is 4.79 Å². The first-order chi connectivity index (χ1) is 9.65. The maximum atomic E-state index is 13.3. The third-order valence-electron chi connectivity index (χ3n) is 3.10. The number of amides is 1. The number of nitrogens with one attached hydrogen (secondary N) is 1. The van der Waals surface area contributed by atoms with Gasteiger partial charge in [0.2, 0.25) is 0 Å². The van der Waals surface area contributed by atoms with Gasteiger partial charge in [-0.25, -0.2) is 4.39 Å². The highest BCUT2D eigenvalue weighted by Gasteiger charge is 2.16. The zero-order valence-electron chi connectivity index (χ0n) is 11.6. The summed E-state index contributed by atoms with van der Waals surface area (Å²) < 4.78 is 13.3. The molecule has 20 heavy (non-hydrogen) atoms. The number of carbonyl (C=O) groups excluding carboxylic acids is 1. The lowest BCUT2D eigenvalue weighted by molar-refractivity contribution is 0.0988. The number of benzene rings is 2. The number of rotatable bonds is 4. The molecule has 0 atom stereocenters. The summed E-state index contributed by atoms with van der Waals surface area (Å²) in [6.45, 7) is 2.35. The van der Waals surface area contributed by atoms with E-state index in [-0.39, 0.29) is 11.7 Å². The molecule has 0 saturated carbocycles. The fourth-order valence-electron chi connectivity index (χ4n) is 2.02. The molecule has 0 aromatic heterocycles. The Morgan fingerprint density at radius 2 is 1.90 bits per heavy atom. The van der Waals surface area contributed by atoms with E-state index in [9.17, 15) is 9.18 Å². The Kier molecular flexibility index (Phi) is 4.35. The molecule has 0 unspecified atom stereocenters. The van der Waals surface area contributed by atoms with Crippen molar-refractivity contribution in [1.82, 2.24) is 0 Å². The number of halogens is 1. The molecule has 0 bridgehead atoms. The molecule has 3 nitrogen and oxygen atoms in total. The number of nitrogens with zero attached hydrogens (tertiary/aromatic N) is 1. The van der Waals surface area contributed by atoms with Gasteiger partial charge in [0.15, 0.2) is 0 Å². The number of anilines is 2. The Bertz CT molecular complexity index is 596. The first-order valence-corrected chi connectivity index (χ1v) is 6.51. The molecule has 0 spiro atoms. The fourth-order valence-corrected chi connectivity index (χ4v) is 2.02. The Morgan fingerprint density at radius 3 is 2.45 bits per heavy atom. The second kappa shape index (κ2) is 6.19. The SMILES string of the molecule is CCN(C(=O)c1ccc(NC)cc1)c1cccc(F)c1. The van der Waals surface area contributed by atoms with Gasteiger partial charge in [0.25, 0.3) is 5.91 Å². The molecular weight excluding hydrogens is 255 g/mol. The van der Waals surface area contributed by atoms with Gasteiger partial charge in [-0.1, -0.05) is 6.07 Å². The summed E-state index contributed by atoms with van der Waals surface area (Å²) in [5, 5.41) is 3.00. The van der Waals surface area contributed by atoms with E-state index in [1.54, 1.807) is 29.2 Å². The lowest BCUT2D eigenvalue weighted by Gasteiger charge is -2.21. The summed E-state index contributed by atoms with van der Waals surface area (Å²) >= 11 is 0. The molecule has 104 valence electrons. The molecule has 0 aliphatic carbocycles. The van der Waals surface area contributed by atoms with Gasteiger partial charge in [-0.15, -0.1) is 0 Å². The third-order valence-corrected chi connectivity index (χ3v) is 3.10. The molecule has 0 saturated heterocycles. The second-order valence-electron chi connectivity index (χ2n) is 4.36. The van der Waals surface area contributed by atoms with Gasteiger partial charge in [0.1, 0.15) is 5.82 Å². The summed E-state index contributed by atoms with van der Waals surface area (Å²) in [4.78, 5) is 14.0. The standard InChI is InChI=1S/C16H17FN2O/c1-3-19(15-6-4-5-13(17)11-15)16(20)12-7-9-14(18-2)10-8-12/h4-11,18H,3H2,1-2H3. The minimum absolute atomic E-state index is 0.138. The van der Waals surface area contributed by atoms with Crippen LogP contribution >= 0.6 is 0 Å². The van der Waals surface area contributed by atoms with Gasteiger partial charge in [-0.2, -0.15) is 0 Å². The Labute approximate surface area is 118 Å². The Hall–Kier alpha value is -2.36. The van der Waals surface area contributed by atoms with E-state index in [4.69, 9.17) is 0 Å². The van der Waals surface area contributed by atoms with Crippen LogP contribution in [0.25, 0.3) is 0 Å². The van der Waals surface area contributed by atoms with E-state index in [1.807, 2.05) is 26.1 Å². The van der Waals surface area contributed by atoms with Crippen molar-refractivity contribution >= 4 is 17.3 Å². The topological polar surface area (TPSA) is 32.3 Å². The van der Waals surface area contributed by atoms with Crippen molar-refractivity contribution in [2.75, 3.05) is 23.8 Å². The molecule has 0 aliphatic heterocycles. The van der Waals surface area contributed by atoms with Gasteiger partial charge in [-0.05, 0) is 49.4 Å². The molecule has 0 aliphatic rings. The zero-order valence-corrected chi connectivity index (χ0v) is 11.6. The van der Waals surface area contributed by atoms with Crippen molar-refractivity contribution in [1.29, 1.82) is 0 Å². The van der Waals surface area contributed by atoms with Crippen LogP contribution in [0.4, 0.5) is 15.8 Å². The zero-order chi connectivity index (χ0) is 14.5. The number of carbonyl (C=O) groups is 1. The van der Waals surface area contributed by atoms with E-state index in [0.29, 0.717) is 17.8 Å². The van der Waals surface area contributed by atoms with Gasteiger partial charge in [0, 0.05) is 30.5 Å². The molecular formula is C16H17FN2O. The van der Waals surface area contributed by atoms with Gasteiger partial charge >= 0.3 is 0 Å². The van der Waals surface area contributed by atoms with E-state index in [0.717, 1.165) is 5.69 Å². The van der Waals surface area contributed by atoms with Crippen LogP contribution in [0.15, 0.2) is 48.5 Å². The summed E-state index contributed by atoms with van der Waals surface area (Å²) in [7, 11) is 1.82. The van der Waals surface area contributed by atoms with E-state index < -0.39 is 0 Å². The number of hydrogen-bond acceptors (Lipinski definition) is 2. The molecule has 1 N–H and O–H groups in total. The summed E-state index contributed by atoms with van der Waals surface area (Å²) in [5.74, 6) is -0.486. The quantitative estimate of drug-likeness (QED) is 0.923. The molecule has 0 radical (unpaired) electrons. The van der Waals surface area contributed by atoms with Gasteiger partial charge in [0.05, 0.1) is 0 Å². The van der Waals surface area contributed by atoms with Crippen LogP contribution < -0.4 is 10.2 Å². The van der Waals surface area contributed by atoms with Crippen LogP contribution in [0.1, 0.15) is 17.3 Å². The average Bonchev–Trinajstić information content (AvgIpc) is 2.48. The minimum Gasteiger partial charge on any atom is -0.388 e. The highest BCUT2D eigenvalue weighted by molar-refractivity contribution is 6.06. The summed E-state index contributed by atoms with van der Waals surface area (Å²) in [5.41, 5.74) is 2.08. The molecule has 1 amide bonds. The number of hydrogen-bond donors (Lipinski definition) is 1. The molecule has 0 fully saturated rings. The largest absolute Gasteiger partial charge is 0.388 e. The van der Waals surface area contributed by atoms with Crippen molar-refractivity contribution in [3.05, 3.63) is 59.9 Å². The van der Waals surface area contributed by atoms with E-state index in [2.05, 4.69) is 5.32 Å². The summed E-state index contributed by atoms with van der Waals surface area (Å²) in [6.07, 6.45) is 0. The lowest BCUT2D eigenvalue weighted by Crippen LogP contribution is -2.30. The van der Waals surface area contributed by atoms with E-state index >= 15 is 0 Å². The first kappa shape index (κ1) is 14.1. The van der Waals surface area contributed by atoms with Crippen LogP contribution in [-0.4, -0.2) is 19.5 Å². The maximum Gasteiger partial charge on any atom is 0.258 e. The molecule has 2 aromatic rings. The first-order valence-electron chi connectivity index (χ1n) is 6.51. The van der Waals surface area contributed by atoms with Crippen LogP contribution in [0, 0.1) is 5.82 Å². The Balaban J connectivity index is 2.28. The van der Waals surface area contributed by atoms with Crippen LogP contribution in [0.2, 0.25) is 0 Å². The molecule has 2 rings (SSSR count). The van der Waals surface area contributed by atoms with Crippen molar-refractivity contribution in [2.45, 2.75) is 6.92 Å². The predicted molar refractivity (Wildman–Crippen MR) is 79.7 cm³/mol. The monoisotopic (exact) mass is 272 g/mol. The normalized spacial score (nSPS) is 10.2. The molecule has 4 heteroatoms. The maximum absolute atomic E-state index is 13.3. The third kappa shape index (κ3) is 2.96.